The average molecular weight is 546 g/mol. The van der Waals surface area contributed by atoms with Gasteiger partial charge < -0.3 is 18.6 Å². The summed E-state index contributed by atoms with van der Waals surface area (Å²) in [6.07, 6.45) is 0.812. The highest BCUT2D eigenvalue weighted by atomic mass is 127. The molecule has 0 aliphatic carbocycles. The summed E-state index contributed by atoms with van der Waals surface area (Å²) in [5.74, 6) is 1.21. The van der Waals surface area contributed by atoms with Crippen LogP contribution in [0.2, 0.25) is 18.1 Å². The van der Waals surface area contributed by atoms with Gasteiger partial charge in [-0.05, 0) is 63.6 Å². The van der Waals surface area contributed by atoms with Crippen LogP contribution in [0.1, 0.15) is 34.1 Å². The zero-order chi connectivity index (χ0) is 19.3. The zero-order valence-electron chi connectivity index (χ0n) is 16.1. The van der Waals surface area contributed by atoms with Crippen LogP contribution in [-0.2, 0) is 9.16 Å². The topological polar surface area (TPSA) is 49.8 Å². The molecule has 5 nitrogen and oxygen atoms in total. The third-order valence-electron chi connectivity index (χ3n) is 4.31. The van der Waals surface area contributed by atoms with Crippen LogP contribution in [0.3, 0.4) is 0 Å². The van der Waals surface area contributed by atoms with Crippen LogP contribution in [-0.4, -0.2) is 39.9 Å². The maximum absolute atomic E-state index is 6.23. The number of halogens is 2. The molecule has 0 radical (unpaired) electrons. The van der Waals surface area contributed by atoms with Gasteiger partial charge in [0.1, 0.15) is 3.70 Å². The normalized spacial score (nSPS) is 13.6. The van der Waals surface area contributed by atoms with Crippen LogP contribution in [0.4, 0.5) is 0 Å². The molecule has 1 aromatic rings. The number of hydrogen-bond donors (Lipinski definition) is 0. The first kappa shape index (κ1) is 23.1. The van der Waals surface area contributed by atoms with Crippen LogP contribution in [0.15, 0.2) is 10.7 Å². The summed E-state index contributed by atoms with van der Waals surface area (Å²) in [6, 6.07) is 1.86. The highest BCUT2D eigenvalue weighted by Gasteiger charge is 2.37. The Morgan fingerprint density at radius 3 is 2.52 bits per heavy atom. The first-order chi connectivity index (χ1) is 11.5. The van der Waals surface area contributed by atoms with Gasteiger partial charge in [0.15, 0.2) is 31.2 Å². The van der Waals surface area contributed by atoms with Gasteiger partial charge in [-0.2, -0.15) is 0 Å². The third-order valence-corrected chi connectivity index (χ3v) is 9.94. The maximum Gasteiger partial charge on any atom is 0.197 e. The van der Waals surface area contributed by atoms with E-state index in [9.17, 15) is 0 Å². The molecule has 0 N–H and O–H groups in total. The lowest BCUT2D eigenvalue weighted by atomic mass is 10.2. The molecule has 0 aliphatic rings. The highest BCUT2D eigenvalue weighted by molar-refractivity contribution is 14.1. The van der Waals surface area contributed by atoms with Gasteiger partial charge in [-0.3, -0.25) is 0 Å². The first-order valence-electron chi connectivity index (χ1n) is 8.26. The quantitative estimate of drug-likeness (QED) is 0.175. The van der Waals surface area contributed by atoms with E-state index in [2.05, 4.69) is 77.4 Å². The molecule has 1 rings (SSSR count). The zero-order valence-corrected chi connectivity index (χ0v) is 20.9. The van der Waals surface area contributed by atoms with Gasteiger partial charge in [0.2, 0.25) is 0 Å². The lowest BCUT2D eigenvalue weighted by Crippen LogP contribution is -2.41. The number of aromatic nitrogens is 1. The fraction of sp³-hybridized carbons (Fsp3) is 0.706. The van der Waals surface area contributed by atoms with Crippen LogP contribution in [0.5, 0.6) is 11.5 Å². The Labute approximate surface area is 174 Å². The Balaban J connectivity index is 2.69. The minimum Gasteiger partial charge on any atom is -0.487 e. The number of hydrogen-bond acceptors (Lipinski definition) is 5. The van der Waals surface area contributed by atoms with E-state index >= 15 is 0 Å². The molecule has 1 aromatic heterocycles. The van der Waals surface area contributed by atoms with Crippen molar-refractivity contribution in [1.29, 1.82) is 0 Å². The number of ether oxygens (including phenoxy) is 3. The predicted molar refractivity (Wildman–Crippen MR) is 115 cm³/mol. The molecular formula is C17H29BrINO4Si. The van der Waals surface area contributed by atoms with Crippen molar-refractivity contribution in [2.24, 2.45) is 0 Å². The predicted octanol–water partition coefficient (Wildman–Crippen LogP) is 5.61. The van der Waals surface area contributed by atoms with E-state index in [1.807, 2.05) is 13.0 Å². The van der Waals surface area contributed by atoms with E-state index in [1.165, 1.54) is 0 Å². The van der Waals surface area contributed by atoms with E-state index in [1.54, 1.807) is 7.11 Å². The molecule has 25 heavy (non-hydrogen) atoms. The number of rotatable bonds is 9. The van der Waals surface area contributed by atoms with Crippen molar-refractivity contribution >= 4 is 46.8 Å². The third kappa shape index (κ3) is 7.32. The second-order valence-electron chi connectivity index (χ2n) is 7.44. The first-order valence-corrected chi connectivity index (χ1v) is 13.0. The van der Waals surface area contributed by atoms with Crippen molar-refractivity contribution in [2.45, 2.75) is 58.4 Å². The molecule has 8 heteroatoms. The Kier molecular flexibility index (Phi) is 9.13. The molecule has 1 atom stereocenters. The summed E-state index contributed by atoms with van der Waals surface area (Å²) in [4.78, 5) is 4.34. The molecule has 0 saturated carbocycles. The van der Waals surface area contributed by atoms with E-state index in [-0.39, 0.29) is 17.9 Å². The van der Waals surface area contributed by atoms with E-state index < -0.39 is 8.32 Å². The van der Waals surface area contributed by atoms with Gasteiger partial charge in [-0.25, -0.2) is 4.98 Å². The molecule has 0 fully saturated rings. The minimum atomic E-state index is -1.73. The average Bonchev–Trinajstić information content (AvgIpc) is 2.44. The second kappa shape index (κ2) is 9.87. The lowest BCUT2D eigenvalue weighted by Gasteiger charge is -2.36. The van der Waals surface area contributed by atoms with Gasteiger partial charge in [0.05, 0.1) is 6.10 Å². The summed E-state index contributed by atoms with van der Waals surface area (Å²) in [7, 11) is -0.147. The molecule has 144 valence electrons. The highest BCUT2D eigenvalue weighted by Crippen LogP contribution is 2.37. The SMILES string of the molecule is COCOc1c(OC(C)CCO[Si](C)(C)C(C)(C)C)cc(I)nc1Br. The minimum absolute atomic E-state index is 0.000219. The van der Waals surface area contributed by atoms with Crippen molar-refractivity contribution in [1.82, 2.24) is 4.98 Å². The van der Waals surface area contributed by atoms with Crippen LogP contribution >= 0.6 is 38.5 Å². The number of pyridine rings is 1. The Morgan fingerprint density at radius 2 is 1.96 bits per heavy atom. The fourth-order valence-corrected chi connectivity index (χ4v) is 4.18. The smallest absolute Gasteiger partial charge is 0.197 e. The Hall–Kier alpha value is 0.0969. The summed E-state index contributed by atoms with van der Waals surface area (Å²) in [5, 5.41) is 0.213. The van der Waals surface area contributed by atoms with E-state index in [4.69, 9.17) is 18.6 Å². The van der Waals surface area contributed by atoms with Gasteiger partial charge in [-0.15, -0.1) is 0 Å². The fourth-order valence-electron chi connectivity index (χ4n) is 1.76. The molecule has 0 saturated heterocycles. The van der Waals surface area contributed by atoms with Crippen molar-refractivity contribution < 1.29 is 18.6 Å². The summed E-state index contributed by atoms with van der Waals surface area (Å²) >= 11 is 5.58. The monoisotopic (exact) mass is 545 g/mol. The van der Waals surface area contributed by atoms with Crippen molar-refractivity contribution in [3.05, 3.63) is 14.4 Å². The van der Waals surface area contributed by atoms with Gasteiger partial charge >= 0.3 is 0 Å². The largest absolute Gasteiger partial charge is 0.487 e. The molecule has 0 aromatic carbocycles. The maximum atomic E-state index is 6.23. The number of methoxy groups -OCH3 is 1. The van der Waals surface area contributed by atoms with E-state index in [0.717, 1.165) is 10.1 Å². The van der Waals surface area contributed by atoms with E-state index in [0.29, 0.717) is 22.7 Å². The van der Waals surface area contributed by atoms with Gasteiger partial charge in [0, 0.05) is 26.2 Å². The molecule has 0 amide bonds. The van der Waals surface area contributed by atoms with Gasteiger partial charge in [-0.1, -0.05) is 20.8 Å². The van der Waals surface area contributed by atoms with Crippen LogP contribution in [0, 0.1) is 3.70 Å². The second-order valence-corrected chi connectivity index (χ2v) is 14.1. The van der Waals surface area contributed by atoms with Crippen molar-refractivity contribution in [3.8, 4) is 11.5 Å². The Bertz CT molecular complexity index is 566. The molecular weight excluding hydrogens is 517 g/mol. The molecule has 1 heterocycles. The van der Waals surface area contributed by atoms with Crippen LogP contribution < -0.4 is 9.47 Å². The molecule has 0 bridgehead atoms. The van der Waals surface area contributed by atoms with Crippen molar-refractivity contribution in [3.63, 3.8) is 0 Å². The molecule has 0 aliphatic heterocycles. The Morgan fingerprint density at radius 1 is 1.32 bits per heavy atom. The summed E-state index contributed by atoms with van der Waals surface area (Å²) in [5.41, 5.74) is 0. The van der Waals surface area contributed by atoms with Crippen LogP contribution in [0.25, 0.3) is 0 Å². The van der Waals surface area contributed by atoms with Crippen molar-refractivity contribution in [2.75, 3.05) is 20.5 Å². The number of nitrogens with zero attached hydrogens (tertiary/aromatic N) is 1. The summed E-state index contributed by atoms with van der Waals surface area (Å²) < 4.78 is 24.3. The standard InChI is InChI=1S/C17H29BrINO4Si/c1-12(8-9-23-25(6,7)17(2,3)4)24-13-10-14(19)20-16(18)15(13)22-11-21-5/h10,12H,8-9,11H2,1-7H3. The molecule has 1 unspecified atom stereocenters. The summed E-state index contributed by atoms with van der Waals surface area (Å²) in [6.45, 7) is 14.1. The molecule has 0 spiro atoms. The lowest BCUT2D eigenvalue weighted by molar-refractivity contribution is 0.0459. The van der Waals surface area contributed by atoms with Gasteiger partial charge in [0.25, 0.3) is 0 Å².